The Bertz CT molecular complexity index is 1110. The van der Waals surface area contributed by atoms with Gasteiger partial charge >= 0.3 is 0 Å². The van der Waals surface area contributed by atoms with Gasteiger partial charge in [0.2, 0.25) is 11.8 Å². The zero-order chi connectivity index (χ0) is 23.2. The van der Waals surface area contributed by atoms with Crippen LogP contribution < -0.4 is 15.4 Å². The first-order chi connectivity index (χ1) is 15.7. The largest absolute Gasteiger partial charge is 0.344 e. The third-order valence-electron chi connectivity index (χ3n) is 7.35. The van der Waals surface area contributed by atoms with E-state index in [-0.39, 0.29) is 27.3 Å². The Balaban J connectivity index is 1.19. The molecule has 1 heterocycles. The molecule has 1 aromatic carbocycles. The molecule has 0 saturated heterocycles. The minimum Gasteiger partial charge on any atom is -0.344 e. The van der Waals surface area contributed by atoms with Crippen LogP contribution in [0.4, 0.5) is 10.8 Å². The summed E-state index contributed by atoms with van der Waals surface area (Å²) in [6.07, 6.45) is 8.14. The molecule has 4 saturated carbocycles. The van der Waals surface area contributed by atoms with Gasteiger partial charge in [-0.3, -0.25) is 14.3 Å². The summed E-state index contributed by atoms with van der Waals surface area (Å²) in [6.45, 7) is 1.69. The predicted molar refractivity (Wildman–Crippen MR) is 126 cm³/mol. The lowest BCUT2D eigenvalue weighted by Crippen LogP contribution is -2.56. The number of carbonyl (C=O) groups is 2. The maximum Gasteiger partial charge on any atom is 0.263 e. The number of aromatic nitrogens is 1. The van der Waals surface area contributed by atoms with Crippen LogP contribution in [-0.2, 0) is 19.6 Å². The van der Waals surface area contributed by atoms with Crippen LogP contribution in [0.2, 0.25) is 0 Å². The molecule has 1 atom stereocenters. The van der Waals surface area contributed by atoms with Crippen molar-refractivity contribution >= 4 is 44.0 Å². The third kappa shape index (κ3) is 4.50. The van der Waals surface area contributed by atoms with Gasteiger partial charge < -0.3 is 10.6 Å². The normalized spacial score (nSPS) is 28.8. The minimum atomic E-state index is -3.75. The quantitative estimate of drug-likeness (QED) is 0.550. The summed E-state index contributed by atoms with van der Waals surface area (Å²) >= 11 is 1.19. The van der Waals surface area contributed by atoms with Gasteiger partial charge in [-0.05, 0) is 87.5 Å². The Morgan fingerprint density at radius 3 is 2.21 bits per heavy atom. The fraction of sp³-hybridized carbons (Fsp3) is 0.522. The highest BCUT2D eigenvalue weighted by molar-refractivity contribution is 7.93. The van der Waals surface area contributed by atoms with Crippen LogP contribution in [0, 0.1) is 23.2 Å². The Kier molecular flexibility index (Phi) is 5.68. The Labute approximate surface area is 197 Å². The highest BCUT2D eigenvalue weighted by Gasteiger charge is 2.54. The number of hydrogen-bond acceptors (Lipinski definition) is 6. The molecule has 8 nitrogen and oxygen atoms in total. The summed E-state index contributed by atoms with van der Waals surface area (Å²) in [4.78, 5) is 29.9. The summed E-state index contributed by atoms with van der Waals surface area (Å²) in [5, 5.41) is 7.69. The molecular formula is C23H28N4O4S2. The van der Waals surface area contributed by atoms with E-state index in [0.717, 1.165) is 19.3 Å². The van der Waals surface area contributed by atoms with E-state index in [9.17, 15) is 18.0 Å². The second kappa shape index (κ2) is 8.39. The van der Waals surface area contributed by atoms with E-state index >= 15 is 0 Å². The van der Waals surface area contributed by atoms with Gasteiger partial charge in [0.05, 0.1) is 4.90 Å². The minimum absolute atomic E-state index is 0.0129. The Hall–Kier alpha value is -2.46. The highest BCUT2D eigenvalue weighted by atomic mass is 32.2. The third-order valence-corrected chi connectivity index (χ3v) is 9.52. The van der Waals surface area contributed by atoms with E-state index in [2.05, 4.69) is 20.3 Å². The summed E-state index contributed by atoms with van der Waals surface area (Å²) in [6, 6.07) is 5.22. The highest BCUT2D eigenvalue weighted by Crippen LogP contribution is 2.60. The number of benzene rings is 1. The molecule has 4 aliphatic carbocycles. The smallest absolute Gasteiger partial charge is 0.263 e. The number of amides is 2. The molecule has 6 rings (SSSR count). The van der Waals surface area contributed by atoms with Crippen molar-refractivity contribution in [3.05, 3.63) is 35.8 Å². The first-order valence-electron chi connectivity index (χ1n) is 11.4. The number of hydrogen-bond donors (Lipinski definition) is 3. The van der Waals surface area contributed by atoms with Gasteiger partial charge in [-0.1, -0.05) is 0 Å². The first kappa shape index (κ1) is 22.3. The predicted octanol–water partition coefficient (Wildman–Crippen LogP) is 3.60. The van der Waals surface area contributed by atoms with E-state index in [1.807, 2.05) is 0 Å². The lowest BCUT2D eigenvalue weighted by atomic mass is 9.49. The van der Waals surface area contributed by atoms with Crippen molar-refractivity contribution in [2.24, 2.45) is 23.2 Å². The maximum atomic E-state index is 13.2. The van der Waals surface area contributed by atoms with Crippen molar-refractivity contribution in [2.45, 2.75) is 56.4 Å². The average Bonchev–Trinajstić information content (AvgIpc) is 3.25. The molecular weight excluding hydrogens is 460 g/mol. The molecule has 176 valence electrons. The molecule has 2 aromatic rings. The van der Waals surface area contributed by atoms with E-state index in [1.54, 1.807) is 12.3 Å². The number of thiazole rings is 1. The van der Waals surface area contributed by atoms with Crippen LogP contribution in [0.15, 0.2) is 40.7 Å². The number of nitrogens with zero attached hydrogens (tertiary/aromatic N) is 1. The standard InChI is InChI=1S/C23H28N4O4S2/c1-14(25-21(29)23-11-15-8-16(12-23)10-17(9-15)13-23)20(28)26-18-2-4-19(5-3-18)33(30,31)27-22-24-6-7-32-22/h2-7,14-17H,8-13H2,1H3,(H,24,27)(H,25,29)(H,26,28)/t14-,15?,16?,17?,23?/m1/s1. The van der Waals surface area contributed by atoms with Crippen LogP contribution in [0.3, 0.4) is 0 Å². The second-order valence-corrected chi connectivity index (χ2v) is 12.4. The summed E-state index contributed by atoms with van der Waals surface area (Å²) in [5.74, 6) is 1.66. The van der Waals surface area contributed by atoms with E-state index < -0.39 is 16.1 Å². The second-order valence-electron chi connectivity index (χ2n) is 9.85. The average molecular weight is 489 g/mol. The van der Waals surface area contributed by atoms with Crippen molar-refractivity contribution < 1.29 is 18.0 Å². The molecule has 3 N–H and O–H groups in total. The van der Waals surface area contributed by atoms with Crippen molar-refractivity contribution in [3.63, 3.8) is 0 Å². The number of carbonyl (C=O) groups excluding carboxylic acids is 2. The van der Waals surface area contributed by atoms with Gasteiger partial charge in [0, 0.05) is 22.7 Å². The molecule has 4 aliphatic rings. The summed E-state index contributed by atoms with van der Waals surface area (Å²) in [5.41, 5.74) is 0.160. The topological polar surface area (TPSA) is 117 Å². The number of rotatable bonds is 7. The Morgan fingerprint density at radius 2 is 1.67 bits per heavy atom. The molecule has 0 aliphatic heterocycles. The lowest BCUT2D eigenvalue weighted by Gasteiger charge is -2.55. The molecule has 0 spiro atoms. The van der Waals surface area contributed by atoms with Crippen molar-refractivity contribution in [2.75, 3.05) is 10.0 Å². The van der Waals surface area contributed by atoms with Gasteiger partial charge in [0.25, 0.3) is 10.0 Å². The van der Waals surface area contributed by atoms with Crippen molar-refractivity contribution in [3.8, 4) is 0 Å². The number of sulfonamides is 1. The molecule has 2 amide bonds. The fourth-order valence-corrected chi connectivity index (χ4v) is 8.01. The zero-order valence-electron chi connectivity index (χ0n) is 18.4. The molecule has 1 aromatic heterocycles. The van der Waals surface area contributed by atoms with Crippen LogP contribution in [0.1, 0.15) is 45.4 Å². The summed E-state index contributed by atoms with van der Waals surface area (Å²) < 4.78 is 27.3. The molecule has 4 fully saturated rings. The SMILES string of the molecule is C[C@@H](NC(=O)C12CC3CC(CC(C3)C1)C2)C(=O)Nc1ccc(S(=O)(=O)Nc2nccs2)cc1. The van der Waals surface area contributed by atoms with Gasteiger partial charge in [-0.15, -0.1) is 11.3 Å². The van der Waals surface area contributed by atoms with Crippen LogP contribution in [0.5, 0.6) is 0 Å². The molecule has 0 radical (unpaired) electrons. The number of nitrogens with one attached hydrogen (secondary N) is 3. The van der Waals surface area contributed by atoms with Crippen LogP contribution >= 0.6 is 11.3 Å². The monoisotopic (exact) mass is 488 g/mol. The van der Waals surface area contributed by atoms with E-state index in [4.69, 9.17) is 0 Å². The van der Waals surface area contributed by atoms with E-state index in [1.165, 1.54) is 61.1 Å². The molecule has 4 bridgehead atoms. The number of anilines is 2. The maximum absolute atomic E-state index is 13.2. The van der Waals surface area contributed by atoms with Gasteiger partial charge in [0.15, 0.2) is 5.13 Å². The van der Waals surface area contributed by atoms with Crippen molar-refractivity contribution in [1.82, 2.24) is 10.3 Å². The van der Waals surface area contributed by atoms with Crippen LogP contribution in [0.25, 0.3) is 0 Å². The summed E-state index contributed by atoms with van der Waals surface area (Å²) in [7, 11) is -3.75. The lowest BCUT2D eigenvalue weighted by molar-refractivity contribution is -0.147. The Morgan fingerprint density at radius 1 is 1.06 bits per heavy atom. The molecule has 10 heteroatoms. The zero-order valence-corrected chi connectivity index (χ0v) is 20.0. The van der Waals surface area contributed by atoms with Crippen molar-refractivity contribution in [1.29, 1.82) is 0 Å². The first-order valence-corrected chi connectivity index (χ1v) is 13.7. The van der Waals surface area contributed by atoms with E-state index in [0.29, 0.717) is 23.4 Å². The van der Waals surface area contributed by atoms with Gasteiger partial charge in [0.1, 0.15) is 6.04 Å². The molecule has 0 unspecified atom stereocenters. The van der Waals surface area contributed by atoms with Gasteiger partial charge in [-0.25, -0.2) is 13.4 Å². The van der Waals surface area contributed by atoms with Gasteiger partial charge in [-0.2, -0.15) is 0 Å². The van der Waals surface area contributed by atoms with Crippen LogP contribution in [-0.4, -0.2) is 31.3 Å². The molecule has 33 heavy (non-hydrogen) atoms. The fourth-order valence-electron chi connectivity index (χ4n) is 6.22.